The maximum atomic E-state index is 13.2. The van der Waals surface area contributed by atoms with E-state index >= 15 is 0 Å². The summed E-state index contributed by atoms with van der Waals surface area (Å²) in [4.78, 5) is 27.6. The summed E-state index contributed by atoms with van der Waals surface area (Å²) >= 11 is 6.13. The van der Waals surface area contributed by atoms with E-state index < -0.39 is 6.04 Å². The first-order valence-corrected chi connectivity index (χ1v) is 11.3. The number of hydrogen-bond acceptors (Lipinski definition) is 3. The second kappa shape index (κ2) is 10.7. The van der Waals surface area contributed by atoms with Crippen LogP contribution in [0.3, 0.4) is 0 Å². The van der Waals surface area contributed by atoms with E-state index in [1.54, 1.807) is 17.9 Å². The number of amides is 2. The van der Waals surface area contributed by atoms with Crippen molar-refractivity contribution in [1.82, 2.24) is 10.2 Å². The summed E-state index contributed by atoms with van der Waals surface area (Å²) in [6.07, 6.45) is 4.26. The zero-order chi connectivity index (χ0) is 22.4. The van der Waals surface area contributed by atoms with Crippen LogP contribution in [-0.4, -0.2) is 35.4 Å². The predicted molar refractivity (Wildman–Crippen MR) is 123 cm³/mol. The average Bonchev–Trinajstić information content (AvgIpc) is 3.23. The first kappa shape index (κ1) is 23.1. The van der Waals surface area contributed by atoms with Crippen LogP contribution in [0.4, 0.5) is 0 Å². The topological polar surface area (TPSA) is 58.6 Å². The van der Waals surface area contributed by atoms with Gasteiger partial charge in [-0.3, -0.25) is 9.59 Å². The smallest absolute Gasteiger partial charge is 0.261 e. The van der Waals surface area contributed by atoms with Gasteiger partial charge in [0.1, 0.15) is 11.8 Å². The van der Waals surface area contributed by atoms with Gasteiger partial charge in [-0.1, -0.05) is 54.3 Å². The summed E-state index contributed by atoms with van der Waals surface area (Å²) in [5.74, 6) is 0.299. The molecular weight excluding hydrogens is 412 g/mol. The highest BCUT2D eigenvalue weighted by Crippen LogP contribution is 2.21. The first-order valence-electron chi connectivity index (χ1n) is 10.9. The van der Waals surface area contributed by atoms with Gasteiger partial charge in [-0.25, -0.2) is 0 Å². The molecule has 0 aliphatic heterocycles. The van der Waals surface area contributed by atoms with E-state index in [4.69, 9.17) is 16.3 Å². The molecule has 3 rings (SSSR count). The van der Waals surface area contributed by atoms with Gasteiger partial charge < -0.3 is 15.0 Å². The van der Waals surface area contributed by atoms with Crippen molar-refractivity contribution in [1.29, 1.82) is 0 Å². The number of nitrogens with zero attached hydrogens (tertiary/aromatic N) is 1. The van der Waals surface area contributed by atoms with Crippen LogP contribution in [0.1, 0.15) is 49.3 Å². The lowest BCUT2D eigenvalue weighted by molar-refractivity contribution is -0.142. The molecule has 0 saturated heterocycles. The van der Waals surface area contributed by atoms with E-state index in [0.29, 0.717) is 10.8 Å². The van der Waals surface area contributed by atoms with Gasteiger partial charge >= 0.3 is 0 Å². The van der Waals surface area contributed by atoms with Crippen molar-refractivity contribution in [3.63, 3.8) is 0 Å². The molecule has 0 bridgehead atoms. The summed E-state index contributed by atoms with van der Waals surface area (Å²) in [7, 11) is 0. The molecule has 1 saturated carbocycles. The standard InChI is InChI=1S/C25H31ClN2O3/c1-17-11-12-23(18(2)13-17)31-16-24(29)28(15-20-7-6-8-21(26)14-20)19(3)25(30)27-22-9-4-5-10-22/h6-8,11-14,19,22H,4-5,9-10,15-16H2,1-3H3,(H,27,30)/t19-/m0/s1. The molecule has 1 N–H and O–H groups in total. The van der Waals surface area contributed by atoms with Gasteiger partial charge in [0.05, 0.1) is 0 Å². The highest BCUT2D eigenvalue weighted by atomic mass is 35.5. The Morgan fingerprint density at radius 1 is 1.16 bits per heavy atom. The number of ether oxygens (including phenoxy) is 1. The van der Waals surface area contributed by atoms with E-state index in [1.165, 1.54) is 0 Å². The lowest BCUT2D eigenvalue weighted by Crippen LogP contribution is -2.50. The molecule has 2 amide bonds. The highest BCUT2D eigenvalue weighted by Gasteiger charge is 2.28. The third-order valence-electron chi connectivity index (χ3n) is 5.79. The number of nitrogens with one attached hydrogen (secondary N) is 1. The fraction of sp³-hybridized carbons (Fsp3) is 0.440. The zero-order valence-corrected chi connectivity index (χ0v) is 19.2. The number of rotatable bonds is 8. The van der Waals surface area contributed by atoms with Crippen LogP contribution in [0.2, 0.25) is 5.02 Å². The number of carbonyl (C=O) groups is 2. The van der Waals surface area contributed by atoms with Crippen LogP contribution in [0.25, 0.3) is 0 Å². The fourth-order valence-electron chi connectivity index (χ4n) is 3.99. The Morgan fingerprint density at radius 2 is 1.90 bits per heavy atom. The lowest BCUT2D eigenvalue weighted by Gasteiger charge is -2.29. The van der Waals surface area contributed by atoms with Gasteiger partial charge in [-0.05, 0) is 62.9 Å². The van der Waals surface area contributed by atoms with Gasteiger partial charge in [0.15, 0.2) is 6.61 Å². The predicted octanol–water partition coefficient (Wildman–Crippen LogP) is 4.81. The third kappa shape index (κ3) is 6.47. The summed E-state index contributed by atoms with van der Waals surface area (Å²) < 4.78 is 5.81. The van der Waals surface area contributed by atoms with Crippen molar-refractivity contribution in [3.8, 4) is 5.75 Å². The lowest BCUT2D eigenvalue weighted by atomic mass is 10.1. The van der Waals surface area contributed by atoms with Gasteiger partial charge in [-0.2, -0.15) is 0 Å². The van der Waals surface area contributed by atoms with Gasteiger partial charge in [0.2, 0.25) is 5.91 Å². The normalized spacial score (nSPS) is 14.8. The molecule has 5 nitrogen and oxygen atoms in total. The summed E-state index contributed by atoms with van der Waals surface area (Å²) in [5, 5.41) is 3.70. The van der Waals surface area contributed by atoms with Crippen LogP contribution < -0.4 is 10.1 Å². The summed E-state index contributed by atoms with van der Waals surface area (Å²) in [6, 6.07) is 12.8. The molecule has 1 fully saturated rings. The Morgan fingerprint density at radius 3 is 2.58 bits per heavy atom. The number of hydrogen-bond donors (Lipinski definition) is 1. The Balaban J connectivity index is 1.73. The maximum absolute atomic E-state index is 13.2. The molecule has 31 heavy (non-hydrogen) atoms. The number of halogens is 1. The zero-order valence-electron chi connectivity index (χ0n) is 18.5. The molecule has 1 atom stereocenters. The van der Waals surface area contributed by atoms with Crippen molar-refractivity contribution in [2.45, 2.75) is 65.1 Å². The van der Waals surface area contributed by atoms with Crippen LogP contribution in [0.5, 0.6) is 5.75 Å². The molecule has 0 unspecified atom stereocenters. The average molecular weight is 443 g/mol. The SMILES string of the molecule is Cc1ccc(OCC(=O)N(Cc2cccc(Cl)c2)[C@@H](C)C(=O)NC2CCCC2)c(C)c1. The molecule has 0 aromatic heterocycles. The third-order valence-corrected chi connectivity index (χ3v) is 6.03. The monoisotopic (exact) mass is 442 g/mol. The van der Waals surface area contributed by atoms with Crippen molar-refractivity contribution < 1.29 is 14.3 Å². The number of benzene rings is 2. The van der Waals surface area contributed by atoms with E-state index in [2.05, 4.69) is 5.32 Å². The largest absolute Gasteiger partial charge is 0.483 e. The van der Waals surface area contributed by atoms with Crippen LogP contribution in [0.15, 0.2) is 42.5 Å². The van der Waals surface area contributed by atoms with E-state index in [9.17, 15) is 9.59 Å². The maximum Gasteiger partial charge on any atom is 0.261 e. The van der Waals surface area contributed by atoms with Crippen molar-refractivity contribution in [2.24, 2.45) is 0 Å². The Labute approximate surface area is 189 Å². The minimum atomic E-state index is -0.616. The molecule has 0 radical (unpaired) electrons. The van der Waals surface area contributed by atoms with E-state index in [1.807, 2.05) is 50.2 Å². The first-order chi connectivity index (χ1) is 14.8. The minimum Gasteiger partial charge on any atom is -0.483 e. The van der Waals surface area contributed by atoms with Gasteiger partial charge in [0, 0.05) is 17.6 Å². The van der Waals surface area contributed by atoms with Crippen LogP contribution >= 0.6 is 11.6 Å². The summed E-state index contributed by atoms with van der Waals surface area (Å²) in [5.41, 5.74) is 2.98. The molecule has 1 aliphatic carbocycles. The minimum absolute atomic E-state index is 0.131. The van der Waals surface area contributed by atoms with Crippen molar-refractivity contribution >= 4 is 23.4 Å². The number of aryl methyl sites for hydroxylation is 2. The van der Waals surface area contributed by atoms with Crippen LogP contribution in [-0.2, 0) is 16.1 Å². The quantitative estimate of drug-likeness (QED) is 0.638. The van der Waals surface area contributed by atoms with E-state index in [-0.39, 0.29) is 31.0 Å². The molecule has 0 spiro atoms. The molecule has 2 aromatic carbocycles. The molecule has 166 valence electrons. The molecule has 2 aromatic rings. The van der Waals surface area contributed by atoms with Crippen molar-refractivity contribution in [2.75, 3.05) is 6.61 Å². The molecule has 0 heterocycles. The molecule has 1 aliphatic rings. The highest BCUT2D eigenvalue weighted by molar-refractivity contribution is 6.30. The second-order valence-electron chi connectivity index (χ2n) is 8.38. The van der Waals surface area contributed by atoms with E-state index in [0.717, 1.165) is 42.4 Å². The molecule has 6 heteroatoms. The second-order valence-corrected chi connectivity index (χ2v) is 8.81. The fourth-order valence-corrected chi connectivity index (χ4v) is 4.20. The summed E-state index contributed by atoms with van der Waals surface area (Å²) in [6.45, 7) is 5.89. The Bertz CT molecular complexity index is 925. The Hall–Kier alpha value is -2.53. The van der Waals surface area contributed by atoms with Crippen LogP contribution in [0, 0.1) is 13.8 Å². The van der Waals surface area contributed by atoms with Crippen molar-refractivity contribution in [3.05, 3.63) is 64.2 Å². The Kier molecular flexibility index (Phi) is 7.97. The van der Waals surface area contributed by atoms with Gasteiger partial charge in [-0.15, -0.1) is 0 Å². The van der Waals surface area contributed by atoms with Gasteiger partial charge in [0.25, 0.3) is 5.91 Å². The number of carbonyl (C=O) groups excluding carboxylic acids is 2. The molecular formula is C25H31ClN2O3.